The fourth-order valence-electron chi connectivity index (χ4n) is 1.01. The second-order valence-electron chi connectivity index (χ2n) is 2.82. The van der Waals surface area contributed by atoms with E-state index in [0.717, 1.165) is 0 Å². The molecule has 0 saturated carbocycles. The zero-order chi connectivity index (χ0) is 10.6. The minimum Gasteiger partial charge on any atom is -0.466 e. The number of carbonyl (C=O) groups is 2. The molecular formula is C10H12O4. The van der Waals surface area contributed by atoms with Crippen molar-refractivity contribution in [1.29, 1.82) is 0 Å². The topological polar surface area (TPSA) is 56.5 Å². The summed E-state index contributed by atoms with van der Waals surface area (Å²) in [6, 6.07) is 3.23. The SMILES string of the molecule is CCOC(=O)CC(=O)c1ccc(C)o1. The molecule has 0 spiro atoms. The highest BCUT2D eigenvalue weighted by atomic mass is 16.5. The third kappa shape index (κ3) is 2.73. The lowest BCUT2D eigenvalue weighted by Gasteiger charge is -1.98. The molecule has 0 atom stereocenters. The van der Waals surface area contributed by atoms with Gasteiger partial charge in [-0.25, -0.2) is 0 Å². The average Bonchev–Trinajstić information content (AvgIpc) is 2.52. The Morgan fingerprint density at radius 1 is 1.43 bits per heavy atom. The minimum absolute atomic E-state index is 0.204. The van der Waals surface area contributed by atoms with Crippen LogP contribution in [0.4, 0.5) is 0 Å². The summed E-state index contributed by atoms with van der Waals surface area (Å²) in [6.45, 7) is 3.71. The van der Waals surface area contributed by atoms with Gasteiger partial charge in [-0.1, -0.05) is 0 Å². The number of furan rings is 1. The zero-order valence-electron chi connectivity index (χ0n) is 8.20. The molecule has 1 aromatic rings. The maximum absolute atomic E-state index is 11.3. The first-order chi connectivity index (χ1) is 6.63. The number of hydrogen-bond acceptors (Lipinski definition) is 4. The van der Waals surface area contributed by atoms with E-state index in [1.54, 1.807) is 26.0 Å². The van der Waals surface area contributed by atoms with Gasteiger partial charge < -0.3 is 9.15 Å². The summed E-state index contributed by atoms with van der Waals surface area (Å²) in [5.41, 5.74) is 0. The van der Waals surface area contributed by atoms with E-state index in [2.05, 4.69) is 4.74 Å². The fraction of sp³-hybridized carbons (Fsp3) is 0.400. The molecule has 4 heteroatoms. The van der Waals surface area contributed by atoms with Crippen molar-refractivity contribution in [3.05, 3.63) is 23.7 Å². The maximum atomic E-state index is 11.3. The molecule has 1 heterocycles. The third-order valence-corrected chi connectivity index (χ3v) is 1.63. The van der Waals surface area contributed by atoms with Crippen molar-refractivity contribution in [2.45, 2.75) is 20.3 Å². The normalized spacial score (nSPS) is 9.86. The smallest absolute Gasteiger partial charge is 0.313 e. The van der Waals surface area contributed by atoms with Gasteiger partial charge in [-0.15, -0.1) is 0 Å². The maximum Gasteiger partial charge on any atom is 0.313 e. The van der Waals surface area contributed by atoms with E-state index >= 15 is 0 Å². The second kappa shape index (κ2) is 4.60. The highest BCUT2D eigenvalue weighted by Crippen LogP contribution is 2.09. The van der Waals surface area contributed by atoms with Gasteiger partial charge in [0.05, 0.1) is 6.61 Å². The van der Waals surface area contributed by atoms with Gasteiger partial charge in [0.15, 0.2) is 5.76 Å². The number of ether oxygens (including phenoxy) is 1. The summed E-state index contributed by atoms with van der Waals surface area (Å²) >= 11 is 0. The average molecular weight is 196 g/mol. The van der Waals surface area contributed by atoms with Crippen molar-refractivity contribution in [3.8, 4) is 0 Å². The molecule has 1 rings (SSSR count). The molecule has 0 N–H and O–H groups in total. The molecule has 0 amide bonds. The van der Waals surface area contributed by atoms with Crippen molar-refractivity contribution < 1.29 is 18.7 Å². The Balaban J connectivity index is 2.55. The van der Waals surface area contributed by atoms with Gasteiger partial charge in [0, 0.05) is 0 Å². The Hall–Kier alpha value is -1.58. The monoisotopic (exact) mass is 196 g/mol. The predicted octanol–water partition coefficient (Wildman–Crippen LogP) is 1.72. The van der Waals surface area contributed by atoms with E-state index in [-0.39, 0.29) is 24.6 Å². The van der Waals surface area contributed by atoms with Gasteiger partial charge in [0.25, 0.3) is 0 Å². The van der Waals surface area contributed by atoms with Crippen molar-refractivity contribution in [3.63, 3.8) is 0 Å². The largest absolute Gasteiger partial charge is 0.466 e. The molecule has 0 aliphatic heterocycles. The highest BCUT2D eigenvalue weighted by Gasteiger charge is 2.15. The number of Topliss-reactive ketones (excluding diaryl/α,β-unsaturated/α-hetero) is 1. The number of hydrogen-bond donors (Lipinski definition) is 0. The van der Waals surface area contributed by atoms with E-state index < -0.39 is 5.97 Å². The molecule has 0 unspecified atom stereocenters. The van der Waals surface area contributed by atoms with Crippen LogP contribution in [0.3, 0.4) is 0 Å². The van der Waals surface area contributed by atoms with Crippen molar-refractivity contribution in [2.24, 2.45) is 0 Å². The number of ketones is 1. The molecule has 0 radical (unpaired) electrons. The summed E-state index contributed by atoms with van der Waals surface area (Å²) in [6.07, 6.45) is -0.263. The standard InChI is InChI=1S/C10H12O4/c1-3-13-10(12)6-8(11)9-5-4-7(2)14-9/h4-5H,3,6H2,1-2H3. The van der Waals surface area contributed by atoms with Crippen LogP contribution in [0.25, 0.3) is 0 Å². The Morgan fingerprint density at radius 3 is 2.64 bits per heavy atom. The quantitative estimate of drug-likeness (QED) is 0.418. The summed E-state index contributed by atoms with van der Waals surface area (Å²) in [5.74, 6) is -0.0177. The Kier molecular flexibility index (Phi) is 3.45. The first-order valence-electron chi connectivity index (χ1n) is 4.38. The summed E-state index contributed by atoms with van der Waals surface area (Å²) < 4.78 is 9.71. The van der Waals surface area contributed by atoms with Gasteiger partial charge in [0.2, 0.25) is 5.78 Å². The second-order valence-corrected chi connectivity index (χ2v) is 2.82. The van der Waals surface area contributed by atoms with Gasteiger partial charge >= 0.3 is 5.97 Å². The molecule has 76 valence electrons. The molecule has 0 bridgehead atoms. The molecule has 0 fully saturated rings. The van der Waals surface area contributed by atoms with Crippen molar-refractivity contribution >= 4 is 11.8 Å². The van der Waals surface area contributed by atoms with Crippen LogP contribution in [0.5, 0.6) is 0 Å². The molecule has 4 nitrogen and oxygen atoms in total. The van der Waals surface area contributed by atoms with Crippen LogP contribution in [-0.4, -0.2) is 18.4 Å². The van der Waals surface area contributed by atoms with E-state index in [4.69, 9.17) is 4.42 Å². The van der Waals surface area contributed by atoms with Crippen molar-refractivity contribution in [1.82, 2.24) is 0 Å². The number of esters is 1. The van der Waals surface area contributed by atoms with Gasteiger partial charge in [-0.05, 0) is 26.0 Å². The number of aryl methyl sites for hydroxylation is 1. The lowest BCUT2D eigenvalue weighted by molar-refractivity contribution is -0.142. The van der Waals surface area contributed by atoms with E-state index in [1.807, 2.05) is 0 Å². The lowest BCUT2D eigenvalue weighted by atomic mass is 10.2. The van der Waals surface area contributed by atoms with Crippen molar-refractivity contribution in [2.75, 3.05) is 6.61 Å². The predicted molar refractivity (Wildman–Crippen MR) is 49.0 cm³/mol. The summed E-state index contributed by atoms with van der Waals surface area (Å²) in [4.78, 5) is 22.3. The highest BCUT2D eigenvalue weighted by molar-refractivity contribution is 6.04. The van der Waals surface area contributed by atoms with Crippen LogP contribution >= 0.6 is 0 Å². The first-order valence-corrected chi connectivity index (χ1v) is 4.38. The lowest BCUT2D eigenvalue weighted by Crippen LogP contribution is -2.10. The van der Waals surface area contributed by atoms with Crippen LogP contribution in [-0.2, 0) is 9.53 Å². The third-order valence-electron chi connectivity index (χ3n) is 1.63. The van der Waals surface area contributed by atoms with Crippen LogP contribution in [0, 0.1) is 6.92 Å². The summed E-state index contributed by atoms with van der Waals surface area (Å²) in [7, 11) is 0. The van der Waals surface area contributed by atoms with Gasteiger partial charge in [-0.2, -0.15) is 0 Å². The van der Waals surface area contributed by atoms with Gasteiger partial charge in [0.1, 0.15) is 12.2 Å². The van der Waals surface area contributed by atoms with Crippen LogP contribution in [0.1, 0.15) is 29.7 Å². The number of carbonyl (C=O) groups excluding carboxylic acids is 2. The Labute approximate surface area is 81.9 Å². The van der Waals surface area contributed by atoms with Gasteiger partial charge in [-0.3, -0.25) is 9.59 Å². The van der Waals surface area contributed by atoms with E-state index in [1.165, 1.54) is 0 Å². The van der Waals surface area contributed by atoms with Crippen LogP contribution < -0.4 is 0 Å². The molecule has 0 aliphatic rings. The molecule has 1 aromatic heterocycles. The Bertz CT molecular complexity index is 338. The van der Waals surface area contributed by atoms with E-state index in [9.17, 15) is 9.59 Å². The first kappa shape index (κ1) is 10.5. The van der Waals surface area contributed by atoms with Crippen LogP contribution in [0.15, 0.2) is 16.5 Å². The fourth-order valence-corrected chi connectivity index (χ4v) is 1.01. The molecule has 0 saturated heterocycles. The number of rotatable bonds is 4. The Morgan fingerprint density at radius 2 is 2.14 bits per heavy atom. The minimum atomic E-state index is -0.522. The summed E-state index contributed by atoms with van der Waals surface area (Å²) in [5, 5.41) is 0. The van der Waals surface area contributed by atoms with Crippen LogP contribution in [0.2, 0.25) is 0 Å². The molecule has 0 aliphatic carbocycles. The zero-order valence-corrected chi connectivity index (χ0v) is 8.20. The molecule has 0 aromatic carbocycles. The molecule has 14 heavy (non-hydrogen) atoms. The van der Waals surface area contributed by atoms with E-state index in [0.29, 0.717) is 5.76 Å². The molecular weight excluding hydrogens is 184 g/mol.